The number of nitrogens with zero attached hydrogens (tertiary/aromatic N) is 2. The molecule has 25 heavy (non-hydrogen) atoms. The molecule has 0 saturated heterocycles. The molecule has 0 atom stereocenters. The van der Waals surface area contributed by atoms with Crippen molar-refractivity contribution in [1.82, 2.24) is 9.97 Å². The summed E-state index contributed by atoms with van der Waals surface area (Å²) in [5.74, 6) is -0.787. The third-order valence-electron chi connectivity index (χ3n) is 3.46. The first-order chi connectivity index (χ1) is 11.7. The monoisotopic (exact) mass is 377 g/mol. The number of rotatable bonds is 4. The van der Waals surface area contributed by atoms with Crippen LogP contribution in [-0.2, 0) is 9.84 Å². The zero-order chi connectivity index (χ0) is 18.2. The molecule has 130 valence electrons. The maximum absolute atomic E-state index is 14.0. The number of sulfone groups is 1. The van der Waals surface area contributed by atoms with Gasteiger partial charge in [-0.3, -0.25) is 4.98 Å². The van der Waals surface area contributed by atoms with E-state index in [4.69, 9.17) is 0 Å². The van der Waals surface area contributed by atoms with Crippen molar-refractivity contribution in [1.29, 1.82) is 0 Å². The number of thiazole rings is 1. The lowest BCUT2D eigenvalue weighted by Gasteiger charge is -2.05. The molecule has 0 unspecified atom stereocenters. The summed E-state index contributed by atoms with van der Waals surface area (Å²) in [6.07, 6.45) is 0.976. The van der Waals surface area contributed by atoms with Crippen molar-refractivity contribution >= 4 is 32.0 Å². The highest BCUT2D eigenvalue weighted by Crippen LogP contribution is 2.28. The van der Waals surface area contributed by atoms with Crippen LogP contribution in [0.1, 0.15) is 11.4 Å². The van der Waals surface area contributed by atoms with Gasteiger partial charge in [-0.05, 0) is 44.2 Å². The van der Waals surface area contributed by atoms with E-state index in [9.17, 15) is 12.8 Å². The van der Waals surface area contributed by atoms with Gasteiger partial charge >= 0.3 is 0 Å². The quantitative estimate of drug-likeness (QED) is 0.741. The minimum Gasteiger partial charge on any atom is -0.331 e. The third kappa shape index (κ3) is 4.02. The van der Waals surface area contributed by atoms with Gasteiger partial charge in [0.15, 0.2) is 15.0 Å². The van der Waals surface area contributed by atoms with E-state index >= 15 is 0 Å². The summed E-state index contributed by atoms with van der Waals surface area (Å²) < 4.78 is 36.9. The highest BCUT2D eigenvalue weighted by atomic mass is 32.2. The average Bonchev–Trinajstić information content (AvgIpc) is 2.93. The molecule has 0 aliphatic rings. The fourth-order valence-corrected chi connectivity index (χ4v) is 3.92. The Morgan fingerprint density at radius 1 is 1.08 bits per heavy atom. The standard InChI is InChI=1S/C17H16FN3O2S2/c1-10-6-12(7-11(2)19-10)15-9-24-17(21-15)20-13-4-5-16(14(18)8-13)25(3,22)23/h4-9H,1-3H3,(H,20,21). The number of nitrogens with one attached hydrogen (secondary N) is 1. The molecule has 0 aliphatic carbocycles. The average molecular weight is 377 g/mol. The van der Waals surface area contributed by atoms with Crippen LogP contribution in [0.15, 0.2) is 40.6 Å². The van der Waals surface area contributed by atoms with Crippen molar-refractivity contribution in [3.8, 4) is 11.3 Å². The van der Waals surface area contributed by atoms with Gasteiger partial charge in [0.1, 0.15) is 10.7 Å². The van der Waals surface area contributed by atoms with Crippen molar-refractivity contribution in [2.75, 3.05) is 11.6 Å². The summed E-state index contributed by atoms with van der Waals surface area (Å²) in [7, 11) is -3.58. The van der Waals surface area contributed by atoms with E-state index in [0.717, 1.165) is 35.0 Å². The van der Waals surface area contributed by atoms with Gasteiger partial charge in [0.2, 0.25) is 0 Å². The van der Waals surface area contributed by atoms with Gasteiger partial charge in [-0.15, -0.1) is 11.3 Å². The van der Waals surface area contributed by atoms with E-state index in [2.05, 4.69) is 15.3 Å². The van der Waals surface area contributed by atoms with Crippen LogP contribution in [0.3, 0.4) is 0 Å². The van der Waals surface area contributed by atoms with Gasteiger partial charge in [0.25, 0.3) is 0 Å². The summed E-state index contributed by atoms with van der Waals surface area (Å²) in [6, 6.07) is 7.81. The third-order valence-corrected chi connectivity index (χ3v) is 5.35. The van der Waals surface area contributed by atoms with Gasteiger partial charge in [-0.1, -0.05) is 0 Å². The number of aromatic nitrogens is 2. The number of pyridine rings is 1. The number of aryl methyl sites for hydroxylation is 2. The predicted octanol–water partition coefficient (Wildman–Crippen LogP) is 4.11. The Morgan fingerprint density at radius 2 is 1.76 bits per heavy atom. The van der Waals surface area contributed by atoms with Crippen molar-refractivity contribution in [2.24, 2.45) is 0 Å². The maximum atomic E-state index is 14.0. The number of halogens is 1. The van der Waals surface area contributed by atoms with Crippen LogP contribution in [-0.4, -0.2) is 24.6 Å². The Hall–Kier alpha value is -2.32. The van der Waals surface area contributed by atoms with Crippen LogP contribution in [0.25, 0.3) is 11.3 Å². The Morgan fingerprint density at radius 3 is 2.36 bits per heavy atom. The highest BCUT2D eigenvalue weighted by molar-refractivity contribution is 7.90. The molecule has 3 aromatic rings. The van der Waals surface area contributed by atoms with E-state index < -0.39 is 15.7 Å². The Balaban J connectivity index is 1.85. The summed E-state index contributed by atoms with van der Waals surface area (Å²) in [5, 5.41) is 5.49. The maximum Gasteiger partial charge on any atom is 0.187 e. The molecule has 0 saturated carbocycles. The zero-order valence-electron chi connectivity index (χ0n) is 13.9. The smallest absolute Gasteiger partial charge is 0.187 e. The summed E-state index contributed by atoms with van der Waals surface area (Å²) in [5.41, 5.74) is 4.03. The van der Waals surface area contributed by atoms with Crippen LogP contribution in [0.4, 0.5) is 15.2 Å². The Bertz CT molecular complexity index is 1030. The first-order valence-corrected chi connectivity index (χ1v) is 10.2. The van der Waals surface area contributed by atoms with E-state index in [1.807, 2.05) is 31.4 Å². The minimum atomic E-state index is -3.58. The molecule has 3 rings (SSSR count). The lowest BCUT2D eigenvalue weighted by molar-refractivity contribution is 0.571. The molecule has 1 aromatic carbocycles. The predicted molar refractivity (Wildman–Crippen MR) is 97.6 cm³/mol. The van der Waals surface area contributed by atoms with Crippen molar-refractivity contribution < 1.29 is 12.8 Å². The second kappa shape index (κ2) is 6.53. The van der Waals surface area contributed by atoms with Gasteiger partial charge in [-0.25, -0.2) is 17.8 Å². The normalized spacial score (nSPS) is 11.5. The number of hydrogen-bond acceptors (Lipinski definition) is 6. The van der Waals surface area contributed by atoms with Crippen LogP contribution in [0.5, 0.6) is 0 Å². The molecule has 2 aromatic heterocycles. The molecular formula is C17H16FN3O2S2. The zero-order valence-corrected chi connectivity index (χ0v) is 15.5. The molecule has 0 aliphatic heterocycles. The topological polar surface area (TPSA) is 72.0 Å². The van der Waals surface area contributed by atoms with Crippen LogP contribution >= 0.6 is 11.3 Å². The molecule has 5 nitrogen and oxygen atoms in total. The van der Waals surface area contributed by atoms with Crippen molar-refractivity contribution in [2.45, 2.75) is 18.7 Å². The summed E-state index contributed by atoms with van der Waals surface area (Å²) in [4.78, 5) is 8.52. The van der Waals surface area contributed by atoms with Gasteiger partial charge < -0.3 is 5.32 Å². The first-order valence-electron chi connectivity index (χ1n) is 7.40. The molecule has 0 amide bonds. The van der Waals surface area contributed by atoms with Crippen LogP contribution in [0.2, 0.25) is 0 Å². The largest absolute Gasteiger partial charge is 0.331 e. The first kappa shape index (κ1) is 17.5. The minimum absolute atomic E-state index is 0.319. The molecule has 8 heteroatoms. The number of benzene rings is 1. The van der Waals surface area contributed by atoms with Gasteiger partial charge in [0.05, 0.1) is 5.69 Å². The lowest BCUT2D eigenvalue weighted by Crippen LogP contribution is -2.01. The van der Waals surface area contributed by atoms with Crippen LogP contribution < -0.4 is 5.32 Å². The lowest BCUT2D eigenvalue weighted by atomic mass is 10.1. The number of anilines is 2. The van der Waals surface area contributed by atoms with E-state index in [0.29, 0.717) is 10.8 Å². The van der Waals surface area contributed by atoms with E-state index in [1.165, 1.54) is 23.5 Å². The Labute approximate surface area is 149 Å². The SMILES string of the molecule is Cc1cc(-c2csc(Nc3ccc(S(C)(=O)=O)c(F)c3)n2)cc(C)n1. The fraction of sp³-hybridized carbons (Fsp3) is 0.176. The van der Waals surface area contributed by atoms with Crippen molar-refractivity contribution in [3.63, 3.8) is 0 Å². The molecule has 0 bridgehead atoms. The molecule has 0 spiro atoms. The second-order valence-corrected chi connectivity index (χ2v) is 8.56. The van der Waals surface area contributed by atoms with Crippen LogP contribution in [0, 0.1) is 19.7 Å². The molecule has 0 fully saturated rings. The molecule has 1 N–H and O–H groups in total. The van der Waals surface area contributed by atoms with Gasteiger partial charge in [-0.2, -0.15) is 0 Å². The summed E-state index contributed by atoms with van der Waals surface area (Å²) in [6.45, 7) is 3.85. The van der Waals surface area contributed by atoms with Crippen molar-refractivity contribution in [3.05, 3.63) is 52.9 Å². The molecule has 2 heterocycles. The fourth-order valence-electron chi connectivity index (χ4n) is 2.45. The molecular weight excluding hydrogens is 361 g/mol. The summed E-state index contributed by atoms with van der Waals surface area (Å²) >= 11 is 1.38. The van der Waals surface area contributed by atoms with Gasteiger partial charge in [0, 0.05) is 34.3 Å². The Kier molecular flexibility index (Phi) is 4.57. The molecule has 0 radical (unpaired) electrons. The van der Waals surface area contributed by atoms with E-state index in [-0.39, 0.29) is 4.90 Å². The van der Waals surface area contributed by atoms with E-state index in [1.54, 1.807) is 0 Å². The number of hydrogen-bond donors (Lipinski definition) is 1. The highest BCUT2D eigenvalue weighted by Gasteiger charge is 2.14. The second-order valence-electron chi connectivity index (χ2n) is 5.72.